The molecule has 1 amide bonds. The molecule has 1 aromatic carbocycles. The van der Waals surface area contributed by atoms with Gasteiger partial charge in [0.2, 0.25) is 5.91 Å². The summed E-state index contributed by atoms with van der Waals surface area (Å²) in [6.07, 6.45) is 7.96. The van der Waals surface area contributed by atoms with Crippen LogP contribution in [0.2, 0.25) is 10.0 Å². The van der Waals surface area contributed by atoms with Crippen LogP contribution in [0.1, 0.15) is 35.4 Å². The lowest BCUT2D eigenvalue weighted by Crippen LogP contribution is -2.30. The molecule has 0 bridgehead atoms. The van der Waals surface area contributed by atoms with Gasteiger partial charge >= 0.3 is 0 Å². The predicted molar refractivity (Wildman–Crippen MR) is 132 cm³/mol. The minimum Gasteiger partial charge on any atom is -0.352 e. The Morgan fingerprint density at radius 3 is 2.76 bits per heavy atom. The molecule has 180 valence electrons. The van der Waals surface area contributed by atoms with E-state index in [9.17, 15) is 13.2 Å². The zero-order valence-corrected chi connectivity index (χ0v) is 21.2. The van der Waals surface area contributed by atoms with Crippen LogP contribution in [0.25, 0.3) is 5.57 Å². The quantitative estimate of drug-likeness (QED) is 0.512. The van der Waals surface area contributed by atoms with Crippen molar-refractivity contribution in [2.75, 3.05) is 12.3 Å². The van der Waals surface area contributed by atoms with E-state index in [4.69, 9.17) is 23.2 Å². The minimum absolute atomic E-state index is 0.0742. The maximum absolute atomic E-state index is 12.6. The van der Waals surface area contributed by atoms with Crippen molar-refractivity contribution in [3.05, 3.63) is 69.2 Å². The Labute approximate surface area is 208 Å². The normalized spacial score (nSPS) is 14.9. The molecular formula is C23H25Cl2N5O3S. The van der Waals surface area contributed by atoms with E-state index in [0.29, 0.717) is 22.3 Å². The van der Waals surface area contributed by atoms with Gasteiger partial charge in [-0.15, -0.1) is 0 Å². The molecule has 4 rings (SSSR count). The fraction of sp³-hybridized carbons (Fsp3) is 0.348. The largest absolute Gasteiger partial charge is 0.352 e. The second-order valence-electron chi connectivity index (χ2n) is 8.31. The predicted octanol–water partition coefficient (Wildman–Crippen LogP) is 3.59. The van der Waals surface area contributed by atoms with E-state index in [1.807, 2.05) is 23.0 Å². The highest BCUT2D eigenvalue weighted by atomic mass is 35.5. The highest BCUT2D eigenvalue weighted by Crippen LogP contribution is 2.31. The molecule has 0 aliphatic heterocycles. The van der Waals surface area contributed by atoms with Crippen LogP contribution < -0.4 is 5.32 Å². The highest BCUT2D eigenvalue weighted by molar-refractivity contribution is 7.92. The number of nitrogens with one attached hydrogen (secondary N) is 1. The third-order valence-electron chi connectivity index (χ3n) is 5.72. The van der Waals surface area contributed by atoms with Gasteiger partial charge in [0.15, 0.2) is 9.84 Å². The van der Waals surface area contributed by atoms with E-state index in [-0.39, 0.29) is 11.4 Å². The van der Waals surface area contributed by atoms with Crippen molar-refractivity contribution < 1.29 is 13.2 Å². The molecule has 1 N–H and O–H groups in total. The van der Waals surface area contributed by atoms with Crippen LogP contribution in [0.3, 0.4) is 0 Å². The van der Waals surface area contributed by atoms with E-state index in [0.717, 1.165) is 41.7 Å². The lowest BCUT2D eigenvalue weighted by molar-refractivity contribution is -0.118. The van der Waals surface area contributed by atoms with Crippen molar-refractivity contribution in [2.24, 2.45) is 7.05 Å². The van der Waals surface area contributed by atoms with E-state index >= 15 is 0 Å². The third kappa shape index (κ3) is 5.37. The number of sulfone groups is 1. The molecule has 34 heavy (non-hydrogen) atoms. The smallest absolute Gasteiger partial charge is 0.235 e. The number of halogens is 2. The number of carbonyl (C=O) groups excluding carboxylic acids is 1. The molecule has 0 spiro atoms. The second kappa shape index (κ2) is 9.93. The van der Waals surface area contributed by atoms with Crippen LogP contribution in [0.5, 0.6) is 0 Å². The van der Waals surface area contributed by atoms with Gasteiger partial charge in [0.05, 0.1) is 24.1 Å². The minimum atomic E-state index is -3.76. The monoisotopic (exact) mass is 521 g/mol. The number of aromatic nitrogens is 4. The van der Waals surface area contributed by atoms with Gasteiger partial charge in [-0.3, -0.25) is 14.2 Å². The maximum atomic E-state index is 12.6. The van der Waals surface area contributed by atoms with Crippen LogP contribution in [-0.4, -0.2) is 46.2 Å². The van der Waals surface area contributed by atoms with Crippen molar-refractivity contribution in [3.63, 3.8) is 0 Å². The summed E-state index contributed by atoms with van der Waals surface area (Å²) in [5.41, 5.74) is 4.51. The molecule has 2 heterocycles. The SMILES string of the molecule is Cc1nn(C)cc1S(=O)(=O)CC(=O)NC/C=C1\CCCc2cnn(Cc3ccc(Cl)cc3Cl)c21. The lowest BCUT2D eigenvalue weighted by atomic mass is 9.92. The lowest BCUT2D eigenvalue weighted by Gasteiger charge is -2.18. The molecule has 2 aromatic heterocycles. The number of allylic oxidation sites excluding steroid dienone is 1. The Bertz CT molecular complexity index is 1380. The number of amides is 1. The number of rotatable bonds is 7. The standard InChI is InChI=1S/C23H25Cl2N5O3S/c1-15-21(13-29(2)28-15)34(32,33)14-22(31)26-9-8-16-4-3-5-17-11-27-30(23(16)17)12-18-6-7-19(24)10-20(18)25/h6-8,10-11,13H,3-5,9,12,14H2,1-2H3,(H,26,31)/b16-8+. The van der Waals surface area contributed by atoms with E-state index < -0.39 is 21.5 Å². The molecule has 0 saturated heterocycles. The van der Waals surface area contributed by atoms with E-state index in [1.165, 1.54) is 10.9 Å². The number of aryl methyl sites for hydroxylation is 3. The number of hydrogen-bond donors (Lipinski definition) is 1. The average Bonchev–Trinajstić information content (AvgIpc) is 3.33. The number of hydrogen-bond acceptors (Lipinski definition) is 5. The van der Waals surface area contributed by atoms with Crippen LogP contribution in [-0.2, 0) is 34.6 Å². The molecule has 0 unspecified atom stereocenters. The second-order valence-corrected chi connectivity index (χ2v) is 11.1. The molecule has 0 saturated carbocycles. The van der Waals surface area contributed by atoms with E-state index in [1.54, 1.807) is 26.1 Å². The van der Waals surface area contributed by atoms with Gasteiger partial charge in [-0.05, 0) is 55.0 Å². The van der Waals surface area contributed by atoms with Gasteiger partial charge in [-0.1, -0.05) is 35.3 Å². The Morgan fingerprint density at radius 2 is 2.06 bits per heavy atom. The van der Waals surface area contributed by atoms with Crippen LogP contribution in [0, 0.1) is 6.92 Å². The van der Waals surface area contributed by atoms with Crippen LogP contribution in [0.4, 0.5) is 0 Å². The number of fused-ring (bicyclic) bond motifs is 1. The summed E-state index contributed by atoms with van der Waals surface area (Å²) >= 11 is 12.4. The Balaban J connectivity index is 1.45. The zero-order chi connectivity index (χ0) is 24.5. The fourth-order valence-electron chi connectivity index (χ4n) is 4.17. The van der Waals surface area contributed by atoms with Crippen molar-refractivity contribution in [2.45, 2.75) is 37.6 Å². The zero-order valence-electron chi connectivity index (χ0n) is 18.9. The summed E-state index contributed by atoms with van der Waals surface area (Å²) in [6.45, 7) is 2.33. The first kappa shape index (κ1) is 24.5. The average molecular weight is 522 g/mol. The summed E-state index contributed by atoms with van der Waals surface area (Å²) in [6, 6.07) is 5.39. The van der Waals surface area contributed by atoms with E-state index in [2.05, 4.69) is 15.5 Å². The van der Waals surface area contributed by atoms with Gasteiger partial charge in [-0.25, -0.2) is 8.42 Å². The van der Waals surface area contributed by atoms with Crippen molar-refractivity contribution in [1.29, 1.82) is 0 Å². The number of nitrogens with zero attached hydrogens (tertiary/aromatic N) is 4. The Morgan fingerprint density at radius 1 is 1.26 bits per heavy atom. The first-order chi connectivity index (χ1) is 16.1. The summed E-state index contributed by atoms with van der Waals surface area (Å²) in [5.74, 6) is -1.18. The molecule has 3 aromatic rings. The van der Waals surface area contributed by atoms with Crippen molar-refractivity contribution in [3.8, 4) is 0 Å². The van der Waals surface area contributed by atoms with Crippen molar-refractivity contribution >= 4 is 44.5 Å². The first-order valence-corrected chi connectivity index (χ1v) is 13.2. The van der Waals surface area contributed by atoms with Gasteiger partial charge in [0.1, 0.15) is 10.6 Å². The van der Waals surface area contributed by atoms with Gasteiger partial charge in [0, 0.05) is 29.8 Å². The Hall–Kier alpha value is -2.62. The molecule has 0 fully saturated rings. The molecule has 0 radical (unpaired) electrons. The number of carbonyl (C=O) groups is 1. The fourth-order valence-corrected chi connectivity index (χ4v) is 6.04. The molecular weight excluding hydrogens is 497 g/mol. The Kier molecular flexibility index (Phi) is 7.16. The summed E-state index contributed by atoms with van der Waals surface area (Å²) < 4.78 is 28.5. The van der Waals surface area contributed by atoms with Crippen LogP contribution in [0.15, 0.2) is 41.6 Å². The third-order valence-corrected chi connectivity index (χ3v) is 8.02. The van der Waals surface area contributed by atoms with Gasteiger partial charge in [-0.2, -0.15) is 10.2 Å². The molecule has 11 heteroatoms. The molecule has 1 aliphatic carbocycles. The summed E-state index contributed by atoms with van der Waals surface area (Å²) in [5, 5.41) is 12.5. The molecule has 1 aliphatic rings. The summed E-state index contributed by atoms with van der Waals surface area (Å²) in [4.78, 5) is 12.4. The maximum Gasteiger partial charge on any atom is 0.235 e. The van der Waals surface area contributed by atoms with Gasteiger partial charge < -0.3 is 5.32 Å². The van der Waals surface area contributed by atoms with Crippen LogP contribution >= 0.6 is 23.2 Å². The summed E-state index contributed by atoms with van der Waals surface area (Å²) in [7, 11) is -2.12. The molecule has 0 atom stereocenters. The van der Waals surface area contributed by atoms with Crippen molar-refractivity contribution in [1.82, 2.24) is 24.9 Å². The number of benzene rings is 1. The van der Waals surface area contributed by atoms with Gasteiger partial charge in [0.25, 0.3) is 0 Å². The topological polar surface area (TPSA) is 98.9 Å². The first-order valence-electron chi connectivity index (χ1n) is 10.8. The highest BCUT2D eigenvalue weighted by Gasteiger charge is 2.24. The molecule has 8 nitrogen and oxygen atoms in total.